The molecule has 0 unspecified atom stereocenters. The van der Waals surface area contributed by atoms with Gasteiger partial charge in [-0.15, -0.1) is 0 Å². The summed E-state index contributed by atoms with van der Waals surface area (Å²) in [5.74, 6) is -2.28. The lowest BCUT2D eigenvalue weighted by atomic mass is 9.75. The van der Waals surface area contributed by atoms with Gasteiger partial charge in [0.2, 0.25) is 0 Å². The Hall–Kier alpha value is -3.40. The molecule has 0 aliphatic rings. The molecule has 3 aromatic carbocycles. The maximum atomic E-state index is 12.9. The summed E-state index contributed by atoms with van der Waals surface area (Å²) in [6, 6.07) is 15.0. The molecule has 0 bridgehead atoms. The molecule has 34 heavy (non-hydrogen) atoms. The number of hydrogen-bond donors (Lipinski definition) is 2. The van der Waals surface area contributed by atoms with E-state index in [9.17, 15) is 19.8 Å². The number of hydrogen-bond acceptors (Lipinski definition) is 2. The van der Waals surface area contributed by atoms with Crippen LogP contribution in [0.15, 0.2) is 48.5 Å². The Kier molecular flexibility index (Phi) is 6.49. The Morgan fingerprint density at radius 1 is 0.618 bits per heavy atom. The van der Waals surface area contributed by atoms with E-state index in [1.807, 2.05) is 50.2 Å². The van der Waals surface area contributed by atoms with Gasteiger partial charge in [0.1, 0.15) is 0 Å². The Bertz CT molecular complexity index is 1280. The van der Waals surface area contributed by atoms with Crippen LogP contribution >= 0.6 is 0 Å². The zero-order valence-electron chi connectivity index (χ0n) is 21.3. The predicted octanol–water partition coefficient (Wildman–Crippen LogP) is 7.63. The van der Waals surface area contributed by atoms with Crippen LogP contribution in [-0.2, 0) is 10.8 Å². The van der Waals surface area contributed by atoms with Gasteiger partial charge in [-0.05, 0) is 69.7 Å². The van der Waals surface area contributed by atoms with Crippen molar-refractivity contribution in [3.63, 3.8) is 0 Å². The molecule has 0 amide bonds. The summed E-state index contributed by atoms with van der Waals surface area (Å²) in [4.78, 5) is 25.3. The minimum atomic E-state index is -1.15. The lowest BCUT2D eigenvalue weighted by Crippen LogP contribution is -2.18. The van der Waals surface area contributed by atoms with Gasteiger partial charge >= 0.3 is 11.9 Å². The summed E-state index contributed by atoms with van der Waals surface area (Å²) in [7, 11) is 0. The monoisotopic (exact) mass is 458 g/mol. The molecule has 2 N–H and O–H groups in total. The number of aromatic carboxylic acids is 2. The molecule has 0 saturated heterocycles. The second kappa shape index (κ2) is 8.75. The molecular formula is C30H34O4. The lowest BCUT2D eigenvalue weighted by Gasteiger charge is -2.28. The molecule has 0 aliphatic carbocycles. The van der Waals surface area contributed by atoms with E-state index in [-0.39, 0.29) is 27.5 Å². The van der Waals surface area contributed by atoms with Crippen molar-refractivity contribution in [1.29, 1.82) is 0 Å². The highest BCUT2D eigenvalue weighted by Crippen LogP contribution is 2.44. The Labute approximate surface area is 202 Å². The van der Waals surface area contributed by atoms with Crippen molar-refractivity contribution in [3.05, 3.63) is 81.9 Å². The van der Waals surface area contributed by atoms with Crippen molar-refractivity contribution in [1.82, 2.24) is 0 Å². The molecule has 0 heterocycles. The predicted molar refractivity (Wildman–Crippen MR) is 138 cm³/mol. The van der Waals surface area contributed by atoms with Crippen molar-refractivity contribution >= 4 is 11.9 Å². The van der Waals surface area contributed by atoms with Crippen LogP contribution in [0.25, 0.3) is 22.3 Å². The smallest absolute Gasteiger partial charge is 0.336 e. The first kappa shape index (κ1) is 25.2. The first-order chi connectivity index (χ1) is 15.7. The van der Waals surface area contributed by atoms with Gasteiger partial charge < -0.3 is 10.2 Å². The van der Waals surface area contributed by atoms with Crippen LogP contribution in [0.1, 0.15) is 84.5 Å². The molecule has 0 atom stereocenters. The minimum Gasteiger partial charge on any atom is -0.478 e. The van der Waals surface area contributed by atoms with Crippen molar-refractivity contribution in [2.24, 2.45) is 0 Å². The van der Waals surface area contributed by atoms with Crippen LogP contribution in [-0.4, -0.2) is 22.2 Å². The van der Waals surface area contributed by atoms with E-state index in [1.54, 1.807) is 12.1 Å². The van der Waals surface area contributed by atoms with Gasteiger partial charge in [-0.25, -0.2) is 9.59 Å². The summed E-state index contributed by atoms with van der Waals surface area (Å²) >= 11 is 0. The van der Waals surface area contributed by atoms with Crippen molar-refractivity contribution in [2.75, 3.05) is 0 Å². The highest BCUT2D eigenvalue weighted by Gasteiger charge is 2.31. The van der Waals surface area contributed by atoms with Crippen LogP contribution in [0.4, 0.5) is 0 Å². The Morgan fingerprint density at radius 2 is 1.09 bits per heavy atom. The van der Waals surface area contributed by atoms with E-state index in [0.29, 0.717) is 11.1 Å². The SMILES string of the molecule is Cc1cccc(C(C)(C)C)c1-c1ccc(C(=O)O)c(-c2c(C)cccc2C(C)(C)C)c1C(=O)O. The van der Waals surface area contributed by atoms with Crippen molar-refractivity contribution in [2.45, 2.75) is 66.2 Å². The second-order valence-electron chi connectivity index (χ2n) is 11.0. The molecule has 0 aliphatic heterocycles. The van der Waals surface area contributed by atoms with E-state index >= 15 is 0 Å². The molecule has 0 saturated carbocycles. The fourth-order valence-corrected chi connectivity index (χ4v) is 4.75. The number of carboxylic acid groups (broad SMARTS) is 2. The standard InChI is InChI=1S/C30H34O4/c1-17-11-9-13-21(29(3,4)5)23(17)19-15-16-20(27(31)32)25(26(19)28(33)34)24-18(2)12-10-14-22(24)30(6,7)8/h9-16H,1-8H3,(H,31,32)(H,33,34). The average molecular weight is 459 g/mol. The van der Waals surface area contributed by atoms with E-state index in [1.165, 1.54) is 0 Å². The van der Waals surface area contributed by atoms with E-state index < -0.39 is 11.9 Å². The van der Waals surface area contributed by atoms with Gasteiger partial charge in [0.25, 0.3) is 0 Å². The van der Waals surface area contributed by atoms with Crippen LogP contribution < -0.4 is 0 Å². The maximum Gasteiger partial charge on any atom is 0.336 e. The summed E-state index contributed by atoms with van der Waals surface area (Å²) in [6.45, 7) is 16.3. The molecule has 3 rings (SSSR count). The quantitative estimate of drug-likeness (QED) is 0.421. The molecule has 178 valence electrons. The Balaban J connectivity index is 2.61. The van der Waals surface area contributed by atoms with Crippen molar-refractivity contribution < 1.29 is 19.8 Å². The van der Waals surface area contributed by atoms with Crippen LogP contribution in [0.2, 0.25) is 0 Å². The van der Waals surface area contributed by atoms with Gasteiger partial charge in [0.15, 0.2) is 0 Å². The fourth-order valence-electron chi connectivity index (χ4n) is 4.75. The van der Waals surface area contributed by atoms with Gasteiger partial charge in [0.05, 0.1) is 11.1 Å². The lowest BCUT2D eigenvalue weighted by molar-refractivity contribution is 0.0696. The normalized spacial score (nSPS) is 12.0. The van der Waals surface area contributed by atoms with Crippen LogP contribution in [0.5, 0.6) is 0 Å². The molecule has 0 radical (unpaired) electrons. The first-order valence-corrected chi connectivity index (χ1v) is 11.5. The van der Waals surface area contributed by atoms with Gasteiger partial charge in [-0.1, -0.05) is 84.0 Å². The van der Waals surface area contributed by atoms with Crippen LogP contribution in [0.3, 0.4) is 0 Å². The molecule has 4 heteroatoms. The third kappa shape index (κ3) is 4.50. The third-order valence-corrected chi connectivity index (χ3v) is 6.33. The molecular weight excluding hydrogens is 424 g/mol. The third-order valence-electron chi connectivity index (χ3n) is 6.33. The van der Waals surface area contributed by atoms with Gasteiger partial charge in [-0.2, -0.15) is 0 Å². The summed E-state index contributed by atoms with van der Waals surface area (Å²) in [5.41, 5.74) is 5.52. The number of aryl methyl sites for hydroxylation is 2. The highest BCUT2D eigenvalue weighted by atomic mass is 16.4. The van der Waals surface area contributed by atoms with E-state index in [0.717, 1.165) is 27.8 Å². The molecule has 0 spiro atoms. The largest absolute Gasteiger partial charge is 0.478 e. The van der Waals surface area contributed by atoms with Crippen molar-refractivity contribution in [3.8, 4) is 22.3 Å². The zero-order chi connectivity index (χ0) is 25.6. The Morgan fingerprint density at radius 3 is 1.53 bits per heavy atom. The molecule has 4 nitrogen and oxygen atoms in total. The molecule has 3 aromatic rings. The van der Waals surface area contributed by atoms with E-state index in [4.69, 9.17) is 0 Å². The molecule has 0 aromatic heterocycles. The van der Waals surface area contributed by atoms with Crippen LogP contribution in [0, 0.1) is 13.8 Å². The first-order valence-electron chi connectivity index (χ1n) is 11.5. The number of benzene rings is 3. The van der Waals surface area contributed by atoms with E-state index in [2.05, 4.69) is 41.5 Å². The summed E-state index contributed by atoms with van der Waals surface area (Å²) in [5, 5.41) is 20.7. The second-order valence-corrected chi connectivity index (χ2v) is 11.0. The summed E-state index contributed by atoms with van der Waals surface area (Å²) in [6.07, 6.45) is 0. The number of rotatable bonds is 4. The minimum absolute atomic E-state index is 0.00755. The topological polar surface area (TPSA) is 74.6 Å². The van der Waals surface area contributed by atoms with Gasteiger partial charge in [-0.3, -0.25) is 0 Å². The fraction of sp³-hybridized carbons (Fsp3) is 0.333. The zero-order valence-corrected chi connectivity index (χ0v) is 21.3. The average Bonchev–Trinajstić information content (AvgIpc) is 2.71. The van der Waals surface area contributed by atoms with Gasteiger partial charge in [0, 0.05) is 5.56 Å². The molecule has 0 fully saturated rings. The highest BCUT2D eigenvalue weighted by molar-refractivity contribution is 6.10. The summed E-state index contributed by atoms with van der Waals surface area (Å²) < 4.78 is 0. The maximum absolute atomic E-state index is 12.9. The number of carbonyl (C=O) groups is 2. The number of carboxylic acids is 2.